The number of phosphoric ester groups is 1. The molecular formula is C10H13N5O13P3-3. The highest BCUT2D eigenvalue weighted by Gasteiger charge is 2.37. The van der Waals surface area contributed by atoms with Crippen LogP contribution in [0.3, 0.4) is 0 Å². The van der Waals surface area contributed by atoms with Gasteiger partial charge in [-0.05, 0) is 0 Å². The Morgan fingerprint density at radius 1 is 1.29 bits per heavy atom. The third kappa shape index (κ3) is 6.04. The van der Waals surface area contributed by atoms with E-state index >= 15 is 0 Å². The van der Waals surface area contributed by atoms with Crippen molar-refractivity contribution < 1.29 is 56.3 Å². The summed E-state index contributed by atoms with van der Waals surface area (Å²) in [5, 5.41) is 10.1. The molecule has 1 aliphatic rings. The predicted octanol–water partition coefficient (Wildman–Crippen LogP) is -3.20. The summed E-state index contributed by atoms with van der Waals surface area (Å²) in [6.07, 6.45) is -2.56. The zero-order valence-corrected chi connectivity index (χ0v) is 17.6. The number of hydrogen-bond acceptors (Lipinski definition) is 15. The van der Waals surface area contributed by atoms with Crippen molar-refractivity contribution in [3.05, 3.63) is 16.8 Å². The fourth-order valence-corrected chi connectivity index (χ4v) is 5.55. The number of imidazole rings is 1. The Hall–Kier alpha value is -1.52. The summed E-state index contributed by atoms with van der Waals surface area (Å²) in [6, 6.07) is 0. The largest absolute Gasteiger partial charge is 0.756 e. The number of fused-ring (bicyclic) bond motifs is 1. The first kappa shape index (κ1) is 24.1. The molecule has 174 valence electrons. The fourth-order valence-electron chi connectivity index (χ4n) is 2.65. The molecule has 0 aliphatic carbocycles. The molecule has 3 rings (SSSR count). The van der Waals surface area contributed by atoms with Gasteiger partial charge in [0.1, 0.15) is 23.7 Å². The molecule has 5 N–H and O–H groups in total. The summed E-state index contributed by atoms with van der Waals surface area (Å²) in [7, 11) is -17.6. The van der Waals surface area contributed by atoms with E-state index in [9.17, 15) is 38.3 Å². The third-order valence-electron chi connectivity index (χ3n) is 3.79. The number of aromatic nitrogens is 4. The van der Waals surface area contributed by atoms with E-state index < -0.39 is 54.2 Å². The van der Waals surface area contributed by atoms with E-state index in [-0.39, 0.29) is 23.4 Å². The number of phosphoric acid groups is 3. The molecule has 2 aromatic heterocycles. The molecule has 1 aliphatic heterocycles. The van der Waals surface area contributed by atoms with E-state index in [4.69, 9.17) is 15.4 Å². The van der Waals surface area contributed by atoms with Crippen molar-refractivity contribution >= 4 is 40.4 Å². The first-order chi connectivity index (χ1) is 14.2. The average Bonchev–Trinajstić information content (AvgIpc) is 3.13. The lowest BCUT2D eigenvalue weighted by atomic mass is 10.2. The number of nitrogens with two attached hydrogens (primary N) is 1. The van der Waals surface area contributed by atoms with Crippen LogP contribution in [0.2, 0.25) is 0 Å². The second-order valence-electron chi connectivity index (χ2n) is 6.03. The molecule has 1 saturated heterocycles. The zero-order chi connectivity index (χ0) is 23.2. The van der Waals surface area contributed by atoms with Crippen molar-refractivity contribution in [3.8, 4) is 0 Å². The Kier molecular flexibility index (Phi) is 6.57. The SMILES string of the molecule is Nc1[nH]c(=O)nc2c1ncn2[C@H]1C[C@H](O)[C@@H](COP(=O)([O-])OP(=O)([O-])OP(=O)([O-])O)O1. The van der Waals surface area contributed by atoms with Crippen LogP contribution in [0, 0.1) is 0 Å². The highest BCUT2D eigenvalue weighted by atomic mass is 31.3. The van der Waals surface area contributed by atoms with Gasteiger partial charge >= 0.3 is 5.69 Å². The maximum atomic E-state index is 11.6. The van der Waals surface area contributed by atoms with Crippen molar-refractivity contribution in [3.63, 3.8) is 0 Å². The van der Waals surface area contributed by atoms with Gasteiger partial charge in [-0.15, -0.1) is 0 Å². The number of H-pyrrole nitrogens is 1. The summed E-state index contributed by atoms with van der Waals surface area (Å²) in [5.41, 5.74) is 5.02. The molecule has 2 aromatic rings. The van der Waals surface area contributed by atoms with Gasteiger partial charge in [0.2, 0.25) is 0 Å². The number of nitrogens with zero attached hydrogens (tertiary/aromatic N) is 3. The normalized spacial score (nSPS) is 27.6. The molecule has 6 atom stereocenters. The second-order valence-corrected chi connectivity index (χ2v) is 10.3. The van der Waals surface area contributed by atoms with Crippen LogP contribution in [-0.4, -0.2) is 48.3 Å². The van der Waals surface area contributed by atoms with Crippen LogP contribution in [-0.2, 0) is 31.6 Å². The monoisotopic (exact) mass is 504 g/mol. The molecule has 0 bridgehead atoms. The van der Waals surface area contributed by atoms with Crippen LogP contribution in [0.15, 0.2) is 11.1 Å². The highest BCUT2D eigenvalue weighted by Crippen LogP contribution is 2.61. The molecule has 0 saturated carbocycles. The van der Waals surface area contributed by atoms with Gasteiger partial charge in [-0.2, -0.15) is 4.98 Å². The maximum absolute atomic E-state index is 11.6. The number of aliphatic hydroxyl groups excluding tert-OH is 1. The van der Waals surface area contributed by atoms with Crippen molar-refractivity contribution in [1.82, 2.24) is 19.5 Å². The topological polar surface area (TPSA) is 287 Å². The number of nitrogen functional groups attached to an aromatic ring is 1. The lowest BCUT2D eigenvalue weighted by molar-refractivity contribution is -0.250. The summed E-state index contributed by atoms with van der Waals surface area (Å²) in [6.45, 7) is -0.949. The minimum Gasteiger partial charge on any atom is -0.756 e. The van der Waals surface area contributed by atoms with Crippen LogP contribution in [0.1, 0.15) is 12.6 Å². The van der Waals surface area contributed by atoms with Crippen LogP contribution in [0.4, 0.5) is 5.82 Å². The van der Waals surface area contributed by atoms with Crippen LogP contribution >= 0.6 is 23.5 Å². The van der Waals surface area contributed by atoms with E-state index in [1.165, 1.54) is 10.9 Å². The van der Waals surface area contributed by atoms with E-state index in [0.29, 0.717) is 0 Å². The summed E-state index contributed by atoms with van der Waals surface area (Å²) >= 11 is 0. The van der Waals surface area contributed by atoms with Crippen molar-refractivity contribution in [2.45, 2.75) is 24.9 Å². The van der Waals surface area contributed by atoms with Crippen LogP contribution < -0.4 is 26.1 Å². The van der Waals surface area contributed by atoms with Crippen LogP contribution in [0.25, 0.3) is 11.2 Å². The van der Waals surface area contributed by atoms with E-state index in [1.807, 2.05) is 0 Å². The molecule has 3 unspecified atom stereocenters. The quantitative estimate of drug-likeness (QED) is 0.257. The standard InChI is InChI=1S/C10H16N5O13P3/c11-8-7-9(14-10(17)13-8)15(3-12-7)6-1-4(16)5(26-6)2-25-30(21,22)28-31(23,24)27-29(18,19)20/h3-6,16H,1-2H2,(H,21,22)(H,23,24)(H2,18,19,20)(H3,11,13,14,17)/p-3/t4-,5+,6+/m0/s1. The molecule has 0 aromatic carbocycles. The molecule has 18 nitrogen and oxygen atoms in total. The first-order valence-corrected chi connectivity index (χ1v) is 12.4. The lowest BCUT2D eigenvalue weighted by Gasteiger charge is -2.33. The summed E-state index contributed by atoms with van der Waals surface area (Å²) in [5.74, 6) is -0.0635. The minimum absolute atomic E-state index is 0.0216. The first-order valence-electron chi connectivity index (χ1n) is 7.95. The second kappa shape index (κ2) is 8.44. The maximum Gasteiger partial charge on any atom is 0.348 e. The van der Waals surface area contributed by atoms with Gasteiger partial charge in [0.05, 0.1) is 19.0 Å². The fraction of sp³-hybridized carbons (Fsp3) is 0.500. The van der Waals surface area contributed by atoms with Crippen LogP contribution in [0.5, 0.6) is 0 Å². The van der Waals surface area contributed by atoms with Gasteiger partial charge in [-0.1, -0.05) is 0 Å². The third-order valence-corrected chi connectivity index (χ3v) is 7.48. The molecule has 0 spiro atoms. The highest BCUT2D eigenvalue weighted by molar-refractivity contribution is 7.65. The summed E-state index contributed by atoms with van der Waals surface area (Å²) < 4.78 is 50.8. The Bertz CT molecular complexity index is 1170. The van der Waals surface area contributed by atoms with Gasteiger partial charge in [-0.3, -0.25) is 23.2 Å². The smallest absolute Gasteiger partial charge is 0.348 e. The average molecular weight is 504 g/mol. The molecule has 3 heterocycles. The molecule has 31 heavy (non-hydrogen) atoms. The van der Waals surface area contributed by atoms with Crippen molar-refractivity contribution in [2.24, 2.45) is 0 Å². The van der Waals surface area contributed by atoms with Crippen molar-refractivity contribution in [1.29, 1.82) is 0 Å². The zero-order valence-electron chi connectivity index (χ0n) is 14.9. The molecular weight excluding hydrogens is 491 g/mol. The molecule has 21 heteroatoms. The number of anilines is 1. The Labute approximate surface area is 171 Å². The van der Waals surface area contributed by atoms with Crippen molar-refractivity contribution in [2.75, 3.05) is 12.3 Å². The number of nitrogens with one attached hydrogen (secondary N) is 1. The van der Waals surface area contributed by atoms with E-state index in [1.54, 1.807) is 0 Å². The van der Waals surface area contributed by atoms with Gasteiger partial charge in [-0.25, -0.2) is 18.4 Å². The summed E-state index contributed by atoms with van der Waals surface area (Å²) in [4.78, 5) is 62.9. The minimum atomic E-state index is -6.05. The van der Waals surface area contributed by atoms with Gasteiger partial charge in [0.25, 0.3) is 23.5 Å². The lowest BCUT2D eigenvalue weighted by Crippen LogP contribution is -2.27. The van der Waals surface area contributed by atoms with E-state index in [2.05, 4.69) is 28.1 Å². The predicted molar refractivity (Wildman–Crippen MR) is 90.3 cm³/mol. The molecule has 0 radical (unpaired) electrons. The van der Waals surface area contributed by atoms with Gasteiger partial charge in [0, 0.05) is 6.42 Å². The number of aromatic amines is 1. The van der Waals surface area contributed by atoms with Gasteiger partial charge in [0.15, 0.2) is 5.65 Å². The number of ether oxygens (including phenoxy) is 1. The Morgan fingerprint density at radius 3 is 2.61 bits per heavy atom. The Balaban J connectivity index is 1.67. The van der Waals surface area contributed by atoms with E-state index in [0.717, 1.165) is 0 Å². The number of aliphatic hydroxyl groups is 1. The molecule has 1 fully saturated rings. The Morgan fingerprint density at radius 2 is 1.97 bits per heavy atom. The number of hydrogen-bond donors (Lipinski definition) is 4. The number of rotatable bonds is 8. The van der Waals surface area contributed by atoms with Gasteiger partial charge < -0.3 is 39.7 Å². The molecule has 0 amide bonds.